The van der Waals surface area contributed by atoms with Crippen LogP contribution in [-0.2, 0) is 32.3 Å². The summed E-state index contributed by atoms with van der Waals surface area (Å²) >= 11 is 0. The number of hydrogen-bond acceptors (Lipinski definition) is 6. The van der Waals surface area contributed by atoms with Gasteiger partial charge in [-0.3, -0.25) is 4.79 Å². The summed E-state index contributed by atoms with van der Waals surface area (Å²) in [4.78, 5) is 38.1. The summed E-state index contributed by atoms with van der Waals surface area (Å²) in [6.07, 6.45) is -0.733. The van der Waals surface area contributed by atoms with Crippen LogP contribution in [0.3, 0.4) is 0 Å². The van der Waals surface area contributed by atoms with Crippen LogP contribution in [0.25, 0.3) is 0 Å². The average molecular weight is 519 g/mol. The summed E-state index contributed by atoms with van der Waals surface area (Å²) in [6, 6.07) is 23.8. The zero-order valence-corrected chi connectivity index (χ0v) is 22.1. The molecule has 2 atom stereocenters. The van der Waals surface area contributed by atoms with Crippen molar-refractivity contribution in [2.75, 3.05) is 0 Å². The van der Waals surface area contributed by atoms with Crippen LogP contribution in [0.2, 0.25) is 0 Å². The molecule has 0 fully saturated rings. The Labute approximate surface area is 223 Å². The summed E-state index contributed by atoms with van der Waals surface area (Å²) < 4.78 is 16.6. The third-order valence-corrected chi connectivity index (χ3v) is 5.33. The number of amides is 2. The Morgan fingerprint density at radius 3 is 1.87 bits per heavy atom. The molecule has 200 valence electrons. The van der Waals surface area contributed by atoms with Gasteiger partial charge in [0.1, 0.15) is 30.6 Å². The summed E-state index contributed by atoms with van der Waals surface area (Å²) in [5.74, 6) is -0.591. The molecule has 0 spiro atoms. The van der Waals surface area contributed by atoms with Gasteiger partial charge < -0.3 is 24.8 Å². The maximum absolute atomic E-state index is 13.1. The number of carbonyl (C=O) groups excluding carboxylic acids is 3. The van der Waals surface area contributed by atoms with Crippen LogP contribution in [0.5, 0.6) is 5.75 Å². The molecule has 0 bridgehead atoms. The largest absolute Gasteiger partial charge is 0.489 e. The highest BCUT2D eigenvalue weighted by Crippen LogP contribution is 2.21. The molecular weight excluding hydrogens is 484 g/mol. The van der Waals surface area contributed by atoms with Crippen LogP contribution in [-0.4, -0.2) is 29.6 Å². The number of esters is 1. The number of alkyl carbamates (subject to hydrolysis) is 1. The van der Waals surface area contributed by atoms with Crippen LogP contribution < -0.4 is 15.4 Å². The predicted molar refractivity (Wildman–Crippen MR) is 143 cm³/mol. The van der Waals surface area contributed by atoms with E-state index in [1.807, 2.05) is 60.7 Å². The third-order valence-electron chi connectivity index (χ3n) is 5.33. The Balaban J connectivity index is 1.70. The van der Waals surface area contributed by atoms with E-state index in [4.69, 9.17) is 14.2 Å². The van der Waals surface area contributed by atoms with Gasteiger partial charge in [0.25, 0.3) is 0 Å². The summed E-state index contributed by atoms with van der Waals surface area (Å²) in [6.45, 7) is 7.13. The van der Waals surface area contributed by atoms with E-state index in [0.717, 1.165) is 11.1 Å². The topological polar surface area (TPSA) is 103 Å². The fraction of sp³-hybridized carbons (Fsp3) is 0.300. The van der Waals surface area contributed by atoms with Gasteiger partial charge in [0.05, 0.1) is 0 Å². The van der Waals surface area contributed by atoms with Crippen LogP contribution in [0, 0.1) is 0 Å². The molecule has 0 aromatic heterocycles. The minimum atomic E-state index is -1.10. The van der Waals surface area contributed by atoms with Gasteiger partial charge in [0.2, 0.25) is 5.91 Å². The lowest BCUT2D eigenvalue weighted by Gasteiger charge is -2.23. The minimum absolute atomic E-state index is 0.0516. The first-order valence-corrected chi connectivity index (χ1v) is 12.4. The van der Waals surface area contributed by atoms with Crippen molar-refractivity contribution < 1.29 is 28.6 Å². The first-order valence-electron chi connectivity index (χ1n) is 12.4. The van der Waals surface area contributed by atoms with E-state index < -0.39 is 35.7 Å². The highest BCUT2D eigenvalue weighted by atomic mass is 16.6. The Kier molecular flexibility index (Phi) is 9.87. The first-order chi connectivity index (χ1) is 18.1. The molecule has 0 saturated carbocycles. The second-order valence-electron chi connectivity index (χ2n) is 9.75. The van der Waals surface area contributed by atoms with E-state index in [2.05, 4.69) is 10.6 Å². The number of benzene rings is 3. The van der Waals surface area contributed by atoms with Gasteiger partial charge in [-0.15, -0.1) is 0 Å². The number of carbonyl (C=O) groups is 3. The van der Waals surface area contributed by atoms with Gasteiger partial charge in [-0.25, -0.2) is 9.59 Å². The smallest absolute Gasteiger partial charge is 0.408 e. The molecule has 0 radical (unpaired) electrons. The van der Waals surface area contributed by atoms with Crippen molar-refractivity contribution in [2.24, 2.45) is 0 Å². The second kappa shape index (κ2) is 13.3. The van der Waals surface area contributed by atoms with Gasteiger partial charge in [-0.1, -0.05) is 72.8 Å². The van der Waals surface area contributed by atoms with Crippen molar-refractivity contribution >= 4 is 18.0 Å². The Morgan fingerprint density at radius 2 is 1.32 bits per heavy atom. The lowest BCUT2D eigenvalue weighted by molar-refractivity contribution is -0.149. The van der Waals surface area contributed by atoms with Gasteiger partial charge in [0.15, 0.2) is 6.04 Å². The number of ether oxygens (including phenoxy) is 3. The summed E-state index contributed by atoms with van der Waals surface area (Å²) in [7, 11) is 0. The Hall–Kier alpha value is -4.33. The third kappa shape index (κ3) is 9.28. The number of rotatable bonds is 10. The molecule has 2 amide bonds. The molecule has 0 aliphatic heterocycles. The van der Waals surface area contributed by atoms with E-state index in [9.17, 15) is 14.4 Å². The van der Waals surface area contributed by atoms with E-state index in [1.54, 1.807) is 45.0 Å². The number of hydrogen-bond donors (Lipinski definition) is 2. The molecule has 0 unspecified atom stereocenters. The maximum Gasteiger partial charge on any atom is 0.408 e. The quantitative estimate of drug-likeness (QED) is 0.363. The molecule has 38 heavy (non-hydrogen) atoms. The Bertz CT molecular complexity index is 1190. The van der Waals surface area contributed by atoms with Crippen LogP contribution in [0.15, 0.2) is 84.9 Å². The van der Waals surface area contributed by atoms with E-state index in [-0.39, 0.29) is 6.61 Å². The van der Waals surface area contributed by atoms with Crippen molar-refractivity contribution in [2.45, 2.75) is 58.6 Å². The predicted octanol–water partition coefficient (Wildman–Crippen LogP) is 5.08. The maximum atomic E-state index is 13.1. The zero-order chi connectivity index (χ0) is 27.5. The van der Waals surface area contributed by atoms with E-state index in [1.165, 1.54) is 6.92 Å². The molecule has 2 N–H and O–H groups in total. The fourth-order valence-corrected chi connectivity index (χ4v) is 3.40. The van der Waals surface area contributed by atoms with Crippen molar-refractivity contribution in [1.29, 1.82) is 0 Å². The lowest BCUT2D eigenvalue weighted by Crippen LogP contribution is -2.48. The first kappa shape index (κ1) is 28.2. The molecule has 0 aliphatic carbocycles. The van der Waals surface area contributed by atoms with Gasteiger partial charge in [-0.05, 0) is 56.5 Å². The van der Waals surface area contributed by atoms with E-state index >= 15 is 0 Å². The fourth-order valence-electron chi connectivity index (χ4n) is 3.40. The van der Waals surface area contributed by atoms with Crippen molar-refractivity contribution in [3.05, 3.63) is 102 Å². The molecule has 0 heterocycles. The molecule has 0 aliphatic rings. The van der Waals surface area contributed by atoms with Crippen molar-refractivity contribution in [3.63, 3.8) is 0 Å². The molecule has 8 nitrogen and oxygen atoms in total. The average Bonchev–Trinajstić information content (AvgIpc) is 2.89. The van der Waals surface area contributed by atoms with Gasteiger partial charge >= 0.3 is 12.1 Å². The van der Waals surface area contributed by atoms with Crippen molar-refractivity contribution in [1.82, 2.24) is 10.6 Å². The molecule has 3 aromatic carbocycles. The van der Waals surface area contributed by atoms with Gasteiger partial charge in [0, 0.05) is 0 Å². The highest BCUT2D eigenvalue weighted by molar-refractivity contribution is 5.90. The van der Waals surface area contributed by atoms with E-state index in [0.29, 0.717) is 17.9 Å². The Morgan fingerprint density at radius 1 is 0.763 bits per heavy atom. The van der Waals surface area contributed by atoms with Crippen molar-refractivity contribution in [3.8, 4) is 5.75 Å². The SMILES string of the molecule is C[C@H](NC(=O)OC(C)(C)C)C(=O)N[C@H](C(=O)OCc1ccccc1)c1ccc(OCc2ccccc2)cc1. The highest BCUT2D eigenvalue weighted by Gasteiger charge is 2.28. The molecule has 0 saturated heterocycles. The molecule has 8 heteroatoms. The minimum Gasteiger partial charge on any atom is -0.489 e. The lowest BCUT2D eigenvalue weighted by atomic mass is 10.1. The van der Waals surface area contributed by atoms with Gasteiger partial charge in [-0.2, -0.15) is 0 Å². The van der Waals surface area contributed by atoms with Crippen LogP contribution >= 0.6 is 0 Å². The standard InChI is InChI=1S/C30H34N2O6/c1-21(31-29(35)38-30(2,3)4)27(33)32-26(28(34)37-20-23-13-9-6-10-14-23)24-15-17-25(18-16-24)36-19-22-11-7-5-8-12-22/h5-18,21,26H,19-20H2,1-4H3,(H,31,35)(H,32,33)/t21-,26-/m0/s1. The molecule has 3 rings (SSSR count). The normalized spacial score (nSPS) is 12.5. The monoisotopic (exact) mass is 518 g/mol. The zero-order valence-electron chi connectivity index (χ0n) is 22.1. The van der Waals surface area contributed by atoms with Crippen LogP contribution in [0.4, 0.5) is 4.79 Å². The van der Waals surface area contributed by atoms with Crippen LogP contribution in [0.1, 0.15) is 50.4 Å². The second-order valence-corrected chi connectivity index (χ2v) is 9.75. The summed E-state index contributed by atoms with van der Waals surface area (Å²) in [5.41, 5.74) is 1.63. The molecular formula is C30H34N2O6. The molecule has 3 aromatic rings. The summed E-state index contributed by atoms with van der Waals surface area (Å²) in [5, 5.41) is 5.18. The number of nitrogens with one attached hydrogen (secondary N) is 2.